The number of aliphatic carboxylic acids is 1. The van der Waals surface area contributed by atoms with Gasteiger partial charge in [-0.05, 0) is 191 Å². The van der Waals surface area contributed by atoms with Gasteiger partial charge in [0.2, 0.25) is 0 Å². The fourth-order valence-electron chi connectivity index (χ4n) is 6.24. The number of hydrogen-bond donors (Lipinski definition) is 1. The van der Waals surface area contributed by atoms with Crippen molar-refractivity contribution in [3.63, 3.8) is 0 Å². The van der Waals surface area contributed by atoms with Crippen molar-refractivity contribution in [2.75, 3.05) is 0 Å². The molecule has 0 bridgehead atoms. The lowest BCUT2D eigenvalue weighted by Gasteiger charge is -2.06. The van der Waals surface area contributed by atoms with Gasteiger partial charge in [0.25, 0.3) is 0 Å². The number of hydrogen-bond acceptors (Lipinski definition) is 1. The molecule has 0 rings (SSSR count). The smallest absolute Gasteiger partial charge is 0.303 e. The molecule has 2 nitrogen and oxygen atoms in total. The normalized spacial score (nSPS) is 15.0. The van der Waals surface area contributed by atoms with Gasteiger partial charge in [-0.3, -0.25) is 4.79 Å². The van der Waals surface area contributed by atoms with E-state index in [-0.39, 0.29) is 12.3 Å². The van der Waals surface area contributed by atoms with Crippen LogP contribution < -0.4 is 0 Å². The number of rotatable bonds is 29. The maximum Gasteiger partial charge on any atom is 0.303 e. The Morgan fingerprint density at radius 2 is 0.596 bits per heavy atom. The fourth-order valence-corrected chi connectivity index (χ4v) is 6.24. The van der Waals surface area contributed by atoms with Crippen LogP contribution in [0.25, 0.3) is 0 Å². The molecule has 0 aliphatic rings. The highest BCUT2D eigenvalue weighted by Crippen LogP contribution is 2.18. The lowest BCUT2D eigenvalue weighted by atomic mass is 10.00. The van der Waals surface area contributed by atoms with Crippen molar-refractivity contribution in [1.82, 2.24) is 0 Å². The Labute approximate surface area is 323 Å². The molecule has 0 fully saturated rings. The van der Waals surface area contributed by atoms with E-state index in [1.807, 2.05) is 6.92 Å². The third-order valence-electron chi connectivity index (χ3n) is 9.99. The first kappa shape index (κ1) is 49.1. The van der Waals surface area contributed by atoms with Gasteiger partial charge in [-0.2, -0.15) is 0 Å². The number of allylic oxidation sites excluding steroid dienone is 18. The molecule has 1 unspecified atom stereocenters. The van der Waals surface area contributed by atoms with Crippen LogP contribution in [0.2, 0.25) is 0 Å². The van der Waals surface area contributed by atoms with Crippen LogP contribution in [0.4, 0.5) is 0 Å². The Kier molecular flexibility index (Phi) is 29.9. The molecule has 0 saturated carbocycles. The van der Waals surface area contributed by atoms with E-state index in [1.165, 1.54) is 82.3 Å². The van der Waals surface area contributed by atoms with Crippen molar-refractivity contribution in [3.05, 3.63) is 105 Å². The van der Waals surface area contributed by atoms with Crippen LogP contribution >= 0.6 is 0 Å². The summed E-state index contributed by atoms with van der Waals surface area (Å²) in [5, 5.41) is 8.90. The summed E-state index contributed by atoms with van der Waals surface area (Å²) in [6.45, 7) is 24.6. The number of carboxylic acids is 1. The Morgan fingerprint density at radius 1 is 0.385 bits per heavy atom. The van der Waals surface area contributed by atoms with Gasteiger partial charge in [0.15, 0.2) is 0 Å². The molecule has 0 aliphatic heterocycles. The predicted molar refractivity (Wildman–Crippen MR) is 234 cm³/mol. The molecule has 2 heteroatoms. The van der Waals surface area contributed by atoms with Crippen molar-refractivity contribution in [2.24, 2.45) is 5.92 Å². The molecule has 0 radical (unpaired) electrons. The number of carboxylic acid groups (broad SMARTS) is 1. The second-order valence-electron chi connectivity index (χ2n) is 16.3. The average molecular weight is 715 g/mol. The molecule has 0 aromatic heterocycles. The summed E-state index contributed by atoms with van der Waals surface area (Å²) < 4.78 is 0. The molecule has 0 aromatic rings. The summed E-state index contributed by atoms with van der Waals surface area (Å²) >= 11 is 0. The quantitative estimate of drug-likeness (QED) is 0.0783. The van der Waals surface area contributed by atoms with E-state index in [4.69, 9.17) is 5.11 Å². The highest BCUT2D eigenvalue weighted by Gasteiger charge is 2.06. The third-order valence-corrected chi connectivity index (χ3v) is 9.99. The van der Waals surface area contributed by atoms with Gasteiger partial charge in [-0.1, -0.05) is 112 Å². The van der Waals surface area contributed by atoms with E-state index in [1.54, 1.807) is 0 Å². The minimum atomic E-state index is -0.694. The zero-order valence-corrected chi connectivity index (χ0v) is 36.1. The van der Waals surface area contributed by atoms with E-state index >= 15 is 0 Å². The summed E-state index contributed by atoms with van der Waals surface area (Å²) in [4.78, 5) is 10.8. The van der Waals surface area contributed by atoms with Gasteiger partial charge in [0.1, 0.15) is 0 Å². The Balaban J connectivity index is 4.23. The molecule has 1 N–H and O–H groups in total. The monoisotopic (exact) mass is 715 g/mol. The predicted octanol–water partition coefficient (Wildman–Crippen LogP) is 16.7. The molecular weight excluding hydrogens is 633 g/mol. The van der Waals surface area contributed by atoms with Gasteiger partial charge in [-0.25, -0.2) is 0 Å². The maximum absolute atomic E-state index is 10.8. The lowest BCUT2D eigenvalue weighted by molar-refractivity contribution is -0.138. The molecule has 0 aromatic carbocycles. The zero-order chi connectivity index (χ0) is 39.1. The molecule has 1 atom stereocenters. The van der Waals surface area contributed by atoms with Crippen LogP contribution in [0, 0.1) is 5.92 Å². The first-order valence-corrected chi connectivity index (χ1v) is 20.8. The van der Waals surface area contributed by atoms with Crippen molar-refractivity contribution in [2.45, 2.75) is 198 Å². The highest BCUT2D eigenvalue weighted by molar-refractivity contribution is 5.66. The van der Waals surface area contributed by atoms with Gasteiger partial charge < -0.3 is 5.11 Å². The SMILES string of the molecule is CC(C)=CCCC(C)=CCCC(C)=CCCC(C)=CCCC(C)=CCCC(C)=CCCC(C)=CCCC(C)=CCCC(C)=CCCC(C)CC(=O)O. The topological polar surface area (TPSA) is 37.3 Å². The van der Waals surface area contributed by atoms with Crippen LogP contribution in [0.3, 0.4) is 0 Å². The fraction of sp³-hybridized carbons (Fsp3) is 0.620. The minimum absolute atomic E-state index is 0.244. The van der Waals surface area contributed by atoms with Crippen molar-refractivity contribution in [3.8, 4) is 0 Å². The maximum atomic E-state index is 10.8. The minimum Gasteiger partial charge on any atom is -0.481 e. The second kappa shape index (κ2) is 31.6. The molecule has 52 heavy (non-hydrogen) atoms. The molecule has 0 amide bonds. The van der Waals surface area contributed by atoms with Gasteiger partial charge in [0, 0.05) is 6.42 Å². The van der Waals surface area contributed by atoms with E-state index in [0.29, 0.717) is 0 Å². The Bertz CT molecular complexity index is 1280. The molecule has 294 valence electrons. The van der Waals surface area contributed by atoms with Crippen molar-refractivity contribution < 1.29 is 9.90 Å². The molecule has 0 saturated heterocycles. The van der Waals surface area contributed by atoms with Crippen LogP contribution in [0.1, 0.15) is 198 Å². The first-order chi connectivity index (χ1) is 24.7. The van der Waals surface area contributed by atoms with Gasteiger partial charge >= 0.3 is 5.97 Å². The first-order valence-electron chi connectivity index (χ1n) is 20.8. The molecular formula is C50H82O2. The lowest BCUT2D eigenvalue weighted by Crippen LogP contribution is -2.03. The zero-order valence-electron chi connectivity index (χ0n) is 36.1. The largest absolute Gasteiger partial charge is 0.481 e. The molecule has 0 heterocycles. The van der Waals surface area contributed by atoms with Crippen LogP contribution in [0.5, 0.6) is 0 Å². The van der Waals surface area contributed by atoms with Crippen LogP contribution in [-0.4, -0.2) is 11.1 Å². The van der Waals surface area contributed by atoms with Crippen LogP contribution in [0.15, 0.2) is 105 Å². The third kappa shape index (κ3) is 33.0. The standard InChI is InChI=1S/C50H82O2/c1-40(2)21-12-22-41(3)23-13-24-42(4)25-14-26-43(5)27-15-28-44(6)29-16-30-45(7)31-17-32-46(8)33-18-34-47(9)35-19-36-48(10)37-20-38-49(11)39-50(51)52/h21,23,25,27,29,31,33,35,37,49H,12-20,22,24,26,28,30,32,34,36,38-39H2,1-11H3,(H,51,52). The van der Waals surface area contributed by atoms with E-state index in [2.05, 4.69) is 124 Å². The van der Waals surface area contributed by atoms with Gasteiger partial charge in [-0.15, -0.1) is 0 Å². The Morgan fingerprint density at radius 3 is 0.808 bits per heavy atom. The molecule has 0 aliphatic carbocycles. The summed E-state index contributed by atoms with van der Waals surface area (Å²) in [6, 6.07) is 0. The van der Waals surface area contributed by atoms with E-state index in [0.717, 1.165) is 83.5 Å². The van der Waals surface area contributed by atoms with Crippen molar-refractivity contribution >= 4 is 5.97 Å². The highest BCUT2D eigenvalue weighted by atomic mass is 16.4. The summed E-state index contributed by atoms with van der Waals surface area (Å²) in [7, 11) is 0. The number of carbonyl (C=O) groups is 1. The average Bonchev–Trinajstić information content (AvgIpc) is 3.04. The van der Waals surface area contributed by atoms with Crippen LogP contribution in [-0.2, 0) is 4.79 Å². The van der Waals surface area contributed by atoms with E-state index in [9.17, 15) is 4.79 Å². The van der Waals surface area contributed by atoms with Crippen molar-refractivity contribution in [1.29, 1.82) is 0 Å². The Hall–Kier alpha value is -2.87. The van der Waals surface area contributed by atoms with E-state index < -0.39 is 5.97 Å². The second-order valence-corrected chi connectivity index (χ2v) is 16.3. The molecule has 0 spiro atoms. The van der Waals surface area contributed by atoms with Gasteiger partial charge in [0.05, 0.1) is 0 Å². The summed E-state index contributed by atoms with van der Waals surface area (Å²) in [5.74, 6) is -0.449. The summed E-state index contributed by atoms with van der Waals surface area (Å²) in [5.41, 5.74) is 13.4. The summed E-state index contributed by atoms with van der Waals surface area (Å²) in [6.07, 6.45) is 42.3.